The van der Waals surface area contributed by atoms with E-state index in [0.717, 1.165) is 18.4 Å². The monoisotopic (exact) mass is 249 g/mol. The van der Waals surface area contributed by atoms with E-state index in [1.807, 2.05) is 12.1 Å². The first-order valence-corrected chi connectivity index (χ1v) is 6.44. The van der Waals surface area contributed by atoms with E-state index >= 15 is 0 Å². The number of benzene rings is 1. The number of hydrogen-bond acceptors (Lipinski definition) is 2. The molecule has 18 heavy (non-hydrogen) atoms. The van der Waals surface area contributed by atoms with E-state index in [4.69, 9.17) is 10.8 Å². The van der Waals surface area contributed by atoms with Crippen LogP contribution >= 0.6 is 0 Å². The summed E-state index contributed by atoms with van der Waals surface area (Å²) in [5, 5.41) is 9.10. The largest absolute Gasteiger partial charge is 0.481 e. The van der Waals surface area contributed by atoms with Crippen LogP contribution in [-0.2, 0) is 11.2 Å². The van der Waals surface area contributed by atoms with Gasteiger partial charge in [0.15, 0.2) is 0 Å². The van der Waals surface area contributed by atoms with Gasteiger partial charge in [-0.1, -0.05) is 37.6 Å². The van der Waals surface area contributed by atoms with E-state index in [1.54, 1.807) is 13.8 Å². The average Bonchev–Trinajstić information content (AvgIpc) is 2.29. The maximum Gasteiger partial charge on any atom is 0.309 e. The van der Waals surface area contributed by atoms with Crippen molar-refractivity contribution in [1.82, 2.24) is 0 Å². The first kappa shape index (κ1) is 14.7. The van der Waals surface area contributed by atoms with Gasteiger partial charge < -0.3 is 10.8 Å². The van der Waals surface area contributed by atoms with Gasteiger partial charge in [0.1, 0.15) is 0 Å². The lowest BCUT2D eigenvalue weighted by molar-refractivity contribution is -0.147. The third-order valence-corrected chi connectivity index (χ3v) is 3.26. The molecule has 1 aromatic rings. The van der Waals surface area contributed by atoms with Crippen LogP contribution in [0.2, 0.25) is 0 Å². The molecule has 0 fully saturated rings. The van der Waals surface area contributed by atoms with E-state index in [9.17, 15) is 4.79 Å². The highest BCUT2D eigenvalue weighted by Crippen LogP contribution is 2.28. The molecule has 0 aliphatic heterocycles. The number of nitrogens with two attached hydrogens (primary N) is 1. The van der Waals surface area contributed by atoms with Gasteiger partial charge >= 0.3 is 5.97 Å². The average molecular weight is 249 g/mol. The minimum atomic E-state index is -0.805. The molecule has 0 aromatic heterocycles. The Labute approximate surface area is 109 Å². The molecule has 1 atom stereocenters. The fourth-order valence-corrected chi connectivity index (χ4v) is 1.98. The fourth-order valence-electron chi connectivity index (χ4n) is 1.98. The summed E-state index contributed by atoms with van der Waals surface area (Å²) < 4.78 is 0. The number of aryl methyl sites for hydroxylation is 1. The molecule has 0 saturated heterocycles. The van der Waals surface area contributed by atoms with Crippen molar-refractivity contribution in [2.75, 3.05) is 0 Å². The molecule has 0 radical (unpaired) electrons. The molecule has 0 heterocycles. The Morgan fingerprint density at radius 3 is 2.33 bits per heavy atom. The molecule has 3 heteroatoms. The van der Waals surface area contributed by atoms with Crippen molar-refractivity contribution < 1.29 is 9.90 Å². The van der Waals surface area contributed by atoms with E-state index in [-0.39, 0.29) is 6.04 Å². The summed E-state index contributed by atoms with van der Waals surface area (Å²) in [5.74, 6) is -0.805. The zero-order chi connectivity index (χ0) is 13.8. The number of carboxylic acid groups (broad SMARTS) is 1. The van der Waals surface area contributed by atoms with Crippen LogP contribution in [0.15, 0.2) is 24.3 Å². The smallest absolute Gasteiger partial charge is 0.309 e. The third kappa shape index (κ3) is 3.84. The Morgan fingerprint density at radius 1 is 1.33 bits per heavy atom. The second-order valence-corrected chi connectivity index (χ2v) is 5.49. The summed E-state index contributed by atoms with van der Waals surface area (Å²) in [6.07, 6.45) is 2.63. The Bertz CT molecular complexity index is 395. The zero-order valence-corrected chi connectivity index (χ0v) is 11.4. The lowest BCUT2D eigenvalue weighted by Gasteiger charge is -2.23. The Morgan fingerprint density at radius 2 is 1.89 bits per heavy atom. The summed E-state index contributed by atoms with van der Waals surface area (Å²) in [4.78, 5) is 11.1. The van der Waals surface area contributed by atoms with E-state index < -0.39 is 11.4 Å². The van der Waals surface area contributed by atoms with Crippen LogP contribution in [0, 0.1) is 5.41 Å². The molecular weight excluding hydrogens is 226 g/mol. The molecule has 100 valence electrons. The van der Waals surface area contributed by atoms with E-state index in [2.05, 4.69) is 19.1 Å². The number of carboxylic acids is 1. The SMILES string of the molecule is CCCc1ccc(C(N)CC(C)(C)C(=O)O)cc1. The van der Waals surface area contributed by atoms with Crippen molar-refractivity contribution in [2.45, 2.75) is 46.1 Å². The van der Waals surface area contributed by atoms with Gasteiger partial charge in [-0.25, -0.2) is 0 Å². The maximum atomic E-state index is 11.1. The van der Waals surface area contributed by atoms with Crippen LogP contribution in [0.5, 0.6) is 0 Å². The minimum absolute atomic E-state index is 0.230. The van der Waals surface area contributed by atoms with Gasteiger partial charge in [0.25, 0.3) is 0 Å². The predicted octanol–water partition coefficient (Wildman–Crippen LogP) is 3.14. The van der Waals surface area contributed by atoms with Crippen molar-refractivity contribution >= 4 is 5.97 Å². The van der Waals surface area contributed by atoms with Crippen LogP contribution < -0.4 is 5.73 Å². The quantitative estimate of drug-likeness (QED) is 0.814. The molecule has 0 aliphatic carbocycles. The molecule has 1 unspecified atom stereocenters. The number of hydrogen-bond donors (Lipinski definition) is 2. The van der Waals surface area contributed by atoms with Crippen LogP contribution in [0.25, 0.3) is 0 Å². The second-order valence-electron chi connectivity index (χ2n) is 5.49. The second kappa shape index (κ2) is 6.01. The summed E-state index contributed by atoms with van der Waals surface area (Å²) in [5.41, 5.74) is 7.59. The van der Waals surface area contributed by atoms with Crippen molar-refractivity contribution in [3.8, 4) is 0 Å². The molecule has 0 spiro atoms. The summed E-state index contributed by atoms with van der Waals surface area (Å²) in [6, 6.07) is 7.94. The van der Waals surface area contributed by atoms with Crippen LogP contribution in [0.4, 0.5) is 0 Å². The Kier molecular flexibility index (Phi) is 4.91. The number of rotatable bonds is 6. The van der Waals surface area contributed by atoms with E-state index in [0.29, 0.717) is 6.42 Å². The first-order valence-electron chi connectivity index (χ1n) is 6.44. The van der Waals surface area contributed by atoms with Crippen molar-refractivity contribution in [2.24, 2.45) is 11.1 Å². The molecule has 0 amide bonds. The lowest BCUT2D eigenvalue weighted by atomic mass is 9.84. The number of aliphatic carboxylic acids is 1. The highest BCUT2D eigenvalue weighted by Gasteiger charge is 2.29. The topological polar surface area (TPSA) is 63.3 Å². The zero-order valence-electron chi connectivity index (χ0n) is 11.4. The molecule has 1 aromatic carbocycles. The molecular formula is C15H23NO2. The molecule has 3 N–H and O–H groups in total. The maximum absolute atomic E-state index is 11.1. The van der Waals surface area contributed by atoms with Gasteiger partial charge in [-0.05, 0) is 37.8 Å². The Balaban J connectivity index is 2.72. The summed E-state index contributed by atoms with van der Waals surface area (Å²) in [7, 11) is 0. The van der Waals surface area contributed by atoms with Crippen LogP contribution in [0.3, 0.4) is 0 Å². The van der Waals surface area contributed by atoms with Crippen molar-refractivity contribution in [3.05, 3.63) is 35.4 Å². The van der Waals surface area contributed by atoms with Gasteiger partial charge in [-0.15, -0.1) is 0 Å². The van der Waals surface area contributed by atoms with Crippen molar-refractivity contribution in [3.63, 3.8) is 0 Å². The third-order valence-electron chi connectivity index (χ3n) is 3.26. The highest BCUT2D eigenvalue weighted by atomic mass is 16.4. The number of carbonyl (C=O) groups is 1. The lowest BCUT2D eigenvalue weighted by Crippen LogP contribution is -2.28. The molecule has 0 bridgehead atoms. The molecule has 1 rings (SSSR count). The Hall–Kier alpha value is -1.35. The predicted molar refractivity (Wildman–Crippen MR) is 73.4 cm³/mol. The summed E-state index contributed by atoms with van der Waals surface area (Å²) in [6.45, 7) is 5.57. The van der Waals surface area contributed by atoms with Crippen molar-refractivity contribution in [1.29, 1.82) is 0 Å². The van der Waals surface area contributed by atoms with Crippen LogP contribution in [0.1, 0.15) is 50.8 Å². The van der Waals surface area contributed by atoms with Gasteiger partial charge in [0, 0.05) is 6.04 Å². The summed E-state index contributed by atoms with van der Waals surface area (Å²) >= 11 is 0. The van der Waals surface area contributed by atoms with Gasteiger partial charge in [0.2, 0.25) is 0 Å². The fraction of sp³-hybridized carbons (Fsp3) is 0.533. The van der Waals surface area contributed by atoms with Crippen LogP contribution in [-0.4, -0.2) is 11.1 Å². The molecule has 0 aliphatic rings. The molecule has 3 nitrogen and oxygen atoms in total. The van der Waals surface area contributed by atoms with Gasteiger partial charge in [-0.2, -0.15) is 0 Å². The normalized spacial score (nSPS) is 13.3. The minimum Gasteiger partial charge on any atom is -0.481 e. The first-order chi connectivity index (χ1) is 8.36. The highest BCUT2D eigenvalue weighted by molar-refractivity contribution is 5.73. The van der Waals surface area contributed by atoms with E-state index in [1.165, 1.54) is 5.56 Å². The standard InChI is InChI=1S/C15H23NO2/c1-4-5-11-6-8-12(9-7-11)13(16)10-15(2,3)14(17)18/h6-9,13H,4-5,10,16H2,1-3H3,(H,17,18). The van der Waals surface area contributed by atoms with Gasteiger partial charge in [-0.3, -0.25) is 4.79 Å². The molecule has 0 saturated carbocycles. The van der Waals surface area contributed by atoms with Gasteiger partial charge in [0.05, 0.1) is 5.41 Å².